The summed E-state index contributed by atoms with van der Waals surface area (Å²) in [5, 5.41) is 3.30. The third-order valence-electron chi connectivity index (χ3n) is 4.49. The second-order valence-corrected chi connectivity index (χ2v) is 6.23. The molecule has 0 aliphatic carbocycles. The molecule has 1 heterocycles. The standard InChI is InChI=1S/C19H22F2N2O/c20-16-7-6-15(17(22)12-13-8-10-23-11-9-13)18(21)19(16)24-14-4-2-1-3-5-14/h1-7,13,17,23H,8-12,22H2/t17-/m1/s1. The zero-order valence-corrected chi connectivity index (χ0v) is 13.5. The van der Waals surface area contributed by atoms with Crippen LogP contribution in [0.2, 0.25) is 0 Å². The summed E-state index contributed by atoms with van der Waals surface area (Å²) in [6.07, 6.45) is 2.75. The lowest BCUT2D eigenvalue weighted by atomic mass is 9.88. The first-order valence-electron chi connectivity index (χ1n) is 8.32. The Morgan fingerprint density at radius 3 is 2.50 bits per heavy atom. The molecule has 24 heavy (non-hydrogen) atoms. The van der Waals surface area contributed by atoms with E-state index in [4.69, 9.17) is 10.5 Å². The van der Waals surface area contributed by atoms with Gasteiger partial charge in [-0.15, -0.1) is 0 Å². The molecule has 1 aliphatic heterocycles. The van der Waals surface area contributed by atoms with Crippen LogP contribution in [0.15, 0.2) is 42.5 Å². The fourth-order valence-corrected chi connectivity index (χ4v) is 3.14. The van der Waals surface area contributed by atoms with Gasteiger partial charge in [-0.2, -0.15) is 0 Å². The van der Waals surface area contributed by atoms with E-state index in [1.807, 2.05) is 6.07 Å². The molecule has 1 atom stereocenters. The Hall–Kier alpha value is -1.98. The number of nitrogens with one attached hydrogen (secondary N) is 1. The van der Waals surface area contributed by atoms with Gasteiger partial charge < -0.3 is 15.8 Å². The molecule has 0 saturated carbocycles. The molecule has 0 radical (unpaired) electrons. The van der Waals surface area contributed by atoms with Crippen molar-refractivity contribution in [3.05, 3.63) is 59.7 Å². The van der Waals surface area contributed by atoms with Gasteiger partial charge in [0.05, 0.1) is 0 Å². The van der Waals surface area contributed by atoms with Gasteiger partial charge >= 0.3 is 0 Å². The largest absolute Gasteiger partial charge is 0.451 e. The van der Waals surface area contributed by atoms with Crippen molar-refractivity contribution >= 4 is 0 Å². The van der Waals surface area contributed by atoms with Gasteiger partial charge in [-0.3, -0.25) is 0 Å². The van der Waals surface area contributed by atoms with Crippen molar-refractivity contribution in [1.82, 2.24) is 5.32 Å². The summed E-state index contributed by atoms with van der Waals surface area (Å²) in [6, 6.07) is 10.8. The zero-order valence-electron chi connectivity index (χ0n) is 13.5. The number of nitrogens with two attached hydrogens (primary N) is 1. The van der Waals surface area contributed by atoms with Gasteiger partial charge in [-0.25, -0.2) is 8.78 Å². The van der Waals surface area contributed by atoms with Crippen LogP contribution in [0.4, 0.5) is 8.78 Å². The molecule has 0 spiro atoms. The third kappa shape index (κ3) is 3.91. The lowest BCUT2D eigenvalue weighted by molar-refractivity contribution is 0.328. The van der Waals surface area contributed by atoms with Crippen LogP contribution in [0, 0.1) is 17.6 Å². The first-order valence-corrected chi connectivity index (χ1v) is 8.32. The number of hydrogen-bond donors (Lipinski definition) is 2. The van der Waals surface area contributed by atoms with Gasteiger partial charge in [0.15, 0.2) is 17.4 Å². The van der Waals surface area contributed by atoms with Crippen LogP contribution in [0.3, 0.4) is 0 Å². The number of ether oxygens (including phenoxy) is 1. The number of piperidine rings is 1. The van der Waals surface area contributed by atoms with Crippen LogP contribution >= 0.6 is 0 Å². The molecule has 0 amide bonds. The predicted molar refractivity (Wildman–Crippen MR) is 90.0 cm³/mol. The summed E-state index contributed by atoms with van der Waals surface area (Å²) in [4.78, 5) is 0. The van der Waals surface area contributed by atoms with Crippen LogP contribution in [0.25, 0.3) is 0 Å². The fraction of sp³-hybridized carbons (Fsp3) is 0.368. The van der Waals surface area contributed by atoms with Crippen molar-refractivity contribution in [2.75, 3.05) is 13.1 Å². The maximum Gasteiger partial charge on any atom is 0.198 e. The molecule has 2 aromatic carbocycles. The molecule has 0 unspecified atom stereocenters. The van der Waals surface area contributed by atoms with Gasteiger partial charge in [0.1, 0.15) is 5.75 Å². The first kappa shape index (κ1) is 16.9. The summed E-state index contributed by atoms with van der Waals surface area (Å²) in [5.41, 5.74) is 6.51. The smallest absolute Gasteiger partial charge is 0.198 e. The normalized spacial score (nSPS) is 16.8. The van der Waals surface area contributed by atoms with Crippen molar-refractivity contribution in [3.63, 3.8) is 0 Å². The number of halogens is 2. The Morgan fingerprint density at radius 1 is 1.08 bits per heavy atom. The molecule has 3 rings (SSSR count). The Bertz CT molecular complexity index is 673. The molecular weight excluding hydrogens is 310 g/mol. The molecule has 1 aliphatic rings. The minimum Gasteiger partial charge on any atom is -0.451 e. The second kappa shape index (κ2) is 7.73. The third-order valence-corrected chi connectivity index (χ3v) is 4.49. The van der Waals surface area contributed by atoms with Crippen molar-refractivity contribution in [2.24, 2.45) is 11.7 Å². The van der Waals surface area contributed by atoms with Crippen molar-refractivity contribution in [1.29, 1.82) is 0 Å². The van der Waals surface area contributed by atoms with E-state index < -0.39 is 17.7 Å². The van der Waals surface area contributed by atoms with Crippen LogP contribution in [0.1, 0.15) is 30.9 Å². The molecule has 128 valence electrons. The van der Waals surface area contributed by atoms with E-state index in [0.29, 0.717) is 23.7 Å². The fourth-order valence-electron chi connectivity index (χ4n) is 3.14. The van der Waals surface area contributed by atoms with Crippen LogP contribution < -0.4 is 15.8 Å². The molecule has 5 heteroatoms. The van der Waals surface area contributed by atoms with Gasteiger partial charge in [0, 0.05) is 11.6 Å². The molecule has 1 saturated heterocycles. The van der Waals surface area contributed by atoms with Gasteiger partial charge in [0.25, 0.3) is 0 Å². The average Bonchev–Trinajstić information content (AvgIpc) is 2.60. The summed E-state index contributed by atoms with van der Waals surface area (Å²) < 4.78 is 34.2. The Balaban J connectivity index is 1.79. The van der Waals surface area contributed by atoms with Crippen LogP contribution in [-0.2, 0) is 0 Å². The Labute approximate surface area is 140 Å². The average molecular weight is 332 g/mol. The second-order valence-electron chi connectivity index (χ2n) is 6.23. The SMILES string of the molecule is N[C@H](CC1CCNCC1)c1ccc(F)c(Oc2ccccc2)c1F. The maximum absolute atomic E-state index is 14.8. The Morgan fingerprint density at radius 2 is 1.79 bits per heavy atom. The highest BCUT2D eigenvalue weighted by molar-refractivity contribution is 5.38. The summed E-state index contributed by atoms with van der Waals surface area (Å²) in [6.45, 7) is 1.93. The van der Waals surface area contributed by atoms with Crippen molar-refractivity contribution < 1.29 is 13.5 Å². The number of rotatable bonds is 5. The van der Waals surface area contributed by atoms with Crippen molar-refractivity contribution in [3.8, 4) is 11.5 Å². The highest BCUT2D eigenvalue weighted by Crippen LogP contribution is 2.34. The summed E-state index contributed by atoms with van der Waals surface area (Å²) in [5.74, 6) is -0.975. The van der Waals surface area contributed by atoms with E-state index in [2.05, 4.69) is 5.32 Å². The lowest BCUT2D eigenvalue weighted by Crippen LogP contribution is -2.29. The number of para-hydroxylation sites is 1. The summed E-state index contributed by atoms with van der Waals surface area (Å²) in [7, 11) is 0. The number of hydrogen-bond acceptors (Lipinski definition) is 3. The molecular formula is C19H22F2N2O. The molecule has 2 aromatic rings. The quantitative estimate of drug-likeness (QED) is 0.865. The van der Waals surface area contributed by atoms with E-state index in [0.717, 1.165) is 25.9 Å². The van der Waals surface area contributed by atoms with E-state index in [1.165, 1.54) is 12.1 Å². The van der Waals surface area contributed by atoms with Gasteiger partial charge in [-0.1, -0.05) is 24.3 Å². The van der Waals surface area contributed by atoms with Crippen LogP contribution in [-0.4, -0.2) is 13.1 Å². The molecule has 3 N–H and O–H groups in total. The molecule has 3 nitrogen and oxygen atoms in total. The van der Waals surface area contributed by atoms with E-state index in [-0.39, 0.29) is 5.75 Å². The van der Waals surface area contributed by atoms with Gasteiger partial charge in [0.2, 0.25) is 0 Å². The van der Waals surface area contributed by atoms with E-state index in [1.54, 1.807) is 24.3 Å². The first-order chi connectivity index (χ1) is 11.6. The molecule has 0 bridgehead atoms. The zero-order chi connectivity index (χ0) is 16.9. The molecule has 0 aromatic heterocycles. The summed E-state index contributed by atoms with van der Waals surface area (Å²) >= 11 is 0. The van der Waals surface area contributed by atoms with Crippen LogP contribution in [0.5, 0.6) is 11.5 Å². The highest BCUT2D eigenvalue weighted by atomic mass is 19.1. The van der Waals surface area contributed by atoms with Crippen molar-refractivity contribution in [2.45, 2.75) is 25.3 Å². The minimum atomic E-state index is -0.728. The lowest BCUT2D eigenvalue weighted by Gasteiger charge is -2.26. The van der Waals surface area contributed by atoms with E-state index in [9.17, 15) is 8.78 Å². The molecule has 1 fully saturated rings. The maximum atomic E-state index is 14.8. The topological polar surface area (TPSA) is 47.3 Å². The van der Waals surface area contributed by atoms with Gasteiger partial charge in [-0.05, 0) is 56.5 Å². The number of benzene rings is 2. The predicted octanol–water partition coefficient (Wildman–Crippen LogP) is 4.15. The monoisotopic (exact) mass is 332 g/mol. The van der Waals surface area contributed by atoms with E-state index >= 15 is 0 Å². The highest BCUT2D eigenvalue weighted by Gasteiger charge is 2.23. The Kier molecular flexibility index (Phi) is 5.43. The minimum absolute atomic E-state index is 0.306.